The third kappa shape index (κ3) is 4.07. The molecule has 0 aromatic heterocycles. The predicted molar refractivity (Wildman–Crippen MR) is 86.2 cm³/mol. The fourth-order valence-corrected chi connectivity index (χ4v) is 2.66. The van der Waals surface area contributed by atoms with E-state index in [1.54, 1.807) is 0 Å². The molecule has 1 aromatic carbocycles. The van der Waals surface area contributed by atoms with Crippen LogP contribution >= 0.6 is 0 Å². The van der Waals surface area contributed by atoms with Crippen LogP contribution in [-0.4, -0.2) is 49.9 Å². The van der Waals surface area contributed by atoms with E-state index >= 15 is 0 Å². The van der Waals surface area contributed by atoms with Crippen LogP contribution in [-0.2, 0) is 14.3 Å². The van der Waals surface area contributed by atoms with Crippen molar-refractivity contribution >= 4 is 23.2 Å². The number of nitrogens with one attached hydrogen (secondary N) is 2. The molecule has 0 saturated carbocycles. The van der Waals surface area contributed by atoms with Crippen LogP contribution < -0.4 is 15.6 Å². The van der Waals surface area contributed by atoms with Crippen LogP contribution in [0.15, 0.2) is 35.4 Å². The van der Waals surface area contributed by atoms with Gasteiger partial charge in [-0.2, -0.15) is 5.10 Å². The first-order valence-corrected chi connectivity index (χ1v) is 7.77. The number of hydrogen-bond acceptors (Lipinski definition) is 5. The van der Waals surface area contributed by atoms with Crippen LogP contribution in [0.2, 0.25) is 0 Å². The van der Waals surface area contributed by atoms with E-state index in [0.717, 1.165) is 18.8 Å². The maximum absolute atomic E-state index is 12.0. The van der Waals surface area contributed by atoms with Crippen LogP contribution in [0.4, 0.5) is 5.69 Å². The first-order valence-electron chi connectivity index (χ1n) is 7.77. The summed E-state index contributed by atoms with van der Waals surface area (Å²) >= 11 is 0. The van der Waals surface area contributed by atoms with Crippen molar-refractivity contribution in [1.82, 2.24) is 10.7 Å². The Morgan fingerprint density at radius 2 is 2.17 bits per heavy atom. The number of rotatable bonds is 4. The summed E-state index contributed by atoms with van der Waals surface area (Å²) in [6, 6.07) is 10.2. The van der Waals surface area contributed by atoms with Gasteiger partial charge < -0.3 is 15.0 Å². The molecule has 122 valence electrons. The number of carbonyl (C=O) groups excluding carboxylic acids is 2. The van der Waals surface area contributed by atoms with Gasteiger partial charge in [0.15, 0.2) is 0 Å². The summed E-state index contributed by atoms with van der Waals surface area (Å²) in [5.74, 6) is -0.402. The average Bonchev–Trinajstić information content (AvgIpc) is 2.61. The minimum atomic E-state index is -0.245. The van der Waals surface area contributed by atoms with E-state index < -0.39 is 0 Å². The van der Waals surface area contributed by atoms with Gasteiger partial charge in [-0.05, 0) is 12.1 Å². The number of carbonyl (C=O) groups is 2. The molecular weight excluding hydrogens is 296 g/mol. The third-order valence-corrected chi connectivity index (χ3v) is 3.92. The zero-order valence-electron chi connectivity index (χ0n) is 12.8. The first-order chi connectivity index (χ1) is 11.2. The van der Waals surface area contributed by atoms with Crippen molar-refractivity contribution in [2.24, 2.45) is 5.10 Å². The Kier molecular flexibility index (Phi) is 4.87. The number of amides is 2. The molecule has 2 aliphatic rings. The number of nitrogens with zero attached hydrogens (tertiary/aromatic N) is 2. The monoisotopic (exact) mass is 316 g/mol. The summed E-state index contributed by atoms with van der Waals surface area (Å²) in [4.78, 5) is 25.3. The highest BCUT2D eigenvalue weighted by Gasteiger charge is 2.23. The van der Waals surface area contributed by atoms with Crippen molar-refractivity contribution in [1.29, 1.82) is 0 Å². The molecule has 0 bridgehead atoms. The predicted octanol–water partition coefficient (Wildman–Crippen LogP) is 0.274. The van der Waals surface area contributed by atoms with Crippen molar-refractivity contribution in [3.05, 3.63) is 30.3 Å². The second-order valence-corrected chi connectivity index (χ2v) is 5.58. The van der Waals surface area contributed by atoms with E-state index in [0.29, 0.717) is 31.7 Å². The number of anilines is 1. The van der Waals surface area contributed by atoms with E-state index in [2.05, 4.69) is 32.9 Å². The SMILES string of the molecule is O=C1CCC(C(=O)NCC2CN(c3ccccc3)CCO2)=NN1. The molecular formula is C16H20N4O3. The Hall–Kier alpha value is -2.41. The van der Waals surface area contributed by atoms with Crippen molar-refractivity contribution in [3.8, 4) is 0 Å². The smallest absolute Gasteiger partial charge is 0.267 e. The van der Waals surface area contributed by atoms with E-state index in [9.17, 15) is 9.59 Å². The molecule has 1 atom stereocenters. The van der Waals surface area contributed by atoms with E-state index in [1.807, 2.05) is 18.2 Å². The van der Waals surface area contributed by atoms with Crippen LogP contribution in [0, 0.1) is 0 Å². The fraction of sp³-hybridized carbons (Fsp3) is 0.438. The largest absolute Gasteiger partial charge is 0.373 e. The molecule has 2 heterocycles. The number of morpholine rings is 1. The quantitative estimate of drug-likeness (QED) is 0.835. The molecule has 1 aromatic rings. The molecule has 0 radical (unpaired) electrons. The summed E-state index contributed by atoms with van der Waals surface area (Å²) < 4.78 is 5.72. The zero-order valence-corrected chi connectivity index (χ0v) is 12.8. The summed E-state index contributed by atoms with van der Waals surface area (Å²) in [7, 11) is 0. The van der Waals surface area contributed by atoms with E-state index in [1.165, 1.54) is 0 Å². The minimum absolute atomic E-state index is 0.0633. The topological polar surface area (TPSA) is 83.0 Å². The van der Waals surface area contributed by atoms with Gasteiger partial charge in [-0.3, -0.25) is 9.59 Å². The zero-order chi connectivity index (χ0) is 16.1. The molecule has 23 heavy (non-hydrogen) atoms. The molecule has 7 heteroatoms. The highest BCUT2D eigenvalue weighted by Crippen LogP contribution is 2.16. The lowest BCUT2D eigenvalue weighted by molar-refractivity contribution is -0.121. The second kappa shape index (κ2) is 7.23. The van der Waals surface area contributed by atoms with Gasteiger partial charge in [-0.1, -0.05) is 18.2 Å². The third-order valence-electron chi connectivity index (χ3n) is 3.92. The lowest BCUT2D eigenvalue weighted by Crippen LogP contribution is -2.49. The summed E-state index contributed by atoms with van der Waals surface area (Å²) in [6.07, 6.45) is 0.611. The molecule has 7 nitrogen and oxygen atoms in total. The highest BCUT2D eigenvalue weighted by molar-refractivity contribution is 6.39. The first kappa shape index (κ1) is 15.5. The van der Waals surface area contributed by atoms with Gasteiger partial charge in [0.25, 0.3) is 5.91 Å². The van der Waals surface area contributed by atoms with Gasteiger partial charge in [0.05, 0.1) is 12.7 Å². The molecule has 1 saturated heterocycles. The van der Waals surface area contributed by atoms with Gasteiger partial charge >= 0.3 is 0 Å². The molecule has 2 aliphatic heterocycles. The molecule has 1 unspecified atom stereocenters. The molecule has 1 fully saturated rings. The average molecular weight is 316 g/mol. The summed E-state index contributed by atoms with van der Waals surface area (Å²) in [5, 5.41) is 6.63. The van der Waals surface area contributed by atoms with Gasteiger partial charge in [0.2, 0.25) is 5.91 Å². The lowest BCUT2D eigenvalue weighted by atomic mass is 10.1. The van der Waals surface area contributed by atoms with E-state index in [-0.39, 0.29) is 17.9 Å². The maximum Gasteiger partial charge on any atom is 0.267 e. The van der Waals surface area contributed by atoms with Crippen LogP contribution in [0.25, 0.3) is 0 Å². The number of hydrogen-bond donors (Lipinski definition) is 2. The maximum atomic E-state index is 12.0. The Labute approximate surface area is 134 Å². The Morgan fingerprint density at radius 1 is 1.35 bits per heavy atom. The van der Waals surface area contributed by atoms with Gasteiger partial charge in [-0.15, -0.1) is 0 Å². The van der Waals surface area contributed by atoms with Crippen LogP contribution in [0.3, 0.4) is 0 Å². The molecule has 2 N–H and O–H groups in total. The Morgan fingerprint density at radius 3 is 2.91 bits per heavy atom. The normalized spacial score (nSPS) is 21.4. The molecule has 0 aliphatic carbocycles. The summed E-state index contributed by atoms with van der Waals surface area (Å²) in [5.41, 5.74) is 3.85. The number of benzene rings is 1. The van der Waals surface area contributed by atoms with E-state index in [4.69, 9.17) is 4.74 Å². The Balaban J connectivity index is 1.50. The van der Waals surface area contributed by atoms with Crippen LogP contribution in [0.1, 0.15) is 12.8 Å². The van der Waals surface area contributed by atoms with Gasteiger partial charge in [-0.25, -0.2) is 5.43 Å². The van der Waals surface area contributed by atoms with Crippen molar-refractivity contribution in [2.75, 3.05) is 31.1 Å². The fourth-order valence-electron chi connectivity index (χ4n) is 2.66. The highest BCUT2D eigenvalue weighted by atomic mass is 16.5. The van der Waals surface area contributed by atoms with Gasteiger partial charge in [0.1, 0.15) is 5.71 Å². The van der Waals surface area contributed by atoms with Gasteiger partial charge in [0, 0.05) is 38.2 Å². The van der Waals surface area contributed by atoms with Crippen molar-refractivity contribution < 1.29 is 14.3 Å². The summed E-state index contributed by atoms with van der Waals surface area (Å²) in [6.45, 7) is 2.63. The lowest BCUT2D eigenvalue weighted by Gasteiger charge is -2.34. The molecule has 2 amide bonds. The number of hydrazone groups is 1. The molecule has 3 rings (SSSR count). The molecule has 0 spiro atoms. The van der Waals surface area contributed by atoms with Crippen molar-refractivity contribution in [2.45, 2.75) is 18.9 Å². The Bertz CT molecular complexity index is 603. The number of para-hydroxylation sites is 1. The minimum Gasteiger partial charge on any atom is -0.373 e. The standard InChI is InChI=1S/C16H20N4O3/c21-15-7-6-14(18-19-15)16(22)17-10-13-11-20(8-9-23-13)12-4-2-1-3-5-12/h1-5,13H,6-11H2,(H,17,22)(H,19,21). The van der Waals surface area contributed by atoms with Crippen molar-refractivity contribution in [3.63, 3.8) is 0 Å². The van der Waals surface area contributed by atoms with Crippen LogP contribution in [0.5, 0.6) is 0 Å². The second-order valence-electron chi connectivity index (χ2n) is 5.58. The number of ether oxygens (including phenoxy) is 1.